The first-order chi connectivity index (χ1) is 13.7. The SMILES string of the molecule is CCc1noc(CN2CCN(c3cnn(-c4ccccc4)c(=O)c3Cl)CC2)n1. The maximum Gasteiger partial charge on any atom is 0.292 e. The lowest BCUT2D eigenvalue weighted by Gasteiger charge is -2.35. The van der Waals surface area contributed by atoms with Gasteiger partial charge >= 0.3 is 0 Å². The van der Waals surface area contributed by atoms with E-state index in [-0.39, 0.29) is 10.6 Å². The minimum absolute atomic E-state index is 0.191. The van der Waals surface area contributed by atoms with Gasteiger partial charge in [-0.2, -0.15) is 14.8 Å². The summed E-state index contributed by atoms with van der Waals surface area (Å²) in [5, 5.41) is 8.44. The minimum Gasteiger partial charge on any atom is -0.366 e. The van der Waals surface area contributed by atoms with Crippen molar-refractivity contribution in [2.75, 3.05) is 31.1 Å². The maximum atomic E-state index is 12.7. The summed E-state index contributed by atoms with van der Waals surface area (Å²) in [6.45, 7) is 5.72. The van der Waals surface area contributed by atoms with Gasteiger partial charge in [0.15, 0.2) is 5.82 Å². The van der Waals surface area contributed by atoms with Crippen molar-refractivity contribution in [1.82, 2.24) is 24.8 Å². The van der Waals surface area contributed by atoms with E-state index < -0.39 is 0 Å². The van der Waals surface area contributed by atoms with Crippen LogP contribution in [0.4, 0.5) is 5.69 Å². The van der Waals surface area contributed by atoms with E-state index >= 15 is 0 Å². The van der Waals surface area contributed by atoms with Crippen molar-refractivity contribution in [1.29, 1.82) is 0 Å². The topological polar surface area (TPSA) is 80.3 Å². The zero-order chi connectivity index (χ0) is 19.5. The van der Waals surface area contributed by atoms with Crippen LogP contribution in [0.1, 0.15) is 18.6 Å². The largest absolute Gasteiger partial charge is 0.366 e. The van der Waals surface area contributed by atoms with Gasteiger partial charge in [0, 0.05) is 32.6 Å². The molecule has 0 unspecified atom stereocenters. The van der Waals surface area contributed by atoms with Crippen LogP contribution in [-0.4, -0.2) is 51.0 Å². The van der Waals surface area contributed by atoms with Crippen molar-refractivity contribution >= 4 is 17.3 Å². The van der Waals surface area contributed by atoms with Crippen LogP contribution in [0.5, 0.6) is 0 Å². The number of benzene rings is 1. The smallest absolute Gasteiger partial charge is 0.292 e. The quantitative estimate of drug-likeness (QED) is 0.649. The minimum atomic E-state index is -0.314. The number of aromatic nitrogens is 4. The molecule has 0 bridgehead atoms. The van der Waals surface area contributed by atoms with Crippen LogP contribution in [0, 0.1) is 0 Å². The summed E-state index contributed by atoms with van der Waals surface area (Å²) >= 11 is 6.40. The van der Waals surface area contributed by atoms with Crippen molar-refractivity contribution < 1.29 is 4.52 Å². The Balaban J connectivity index is 1.44. The molecule has 4 rings (SSSR count). The lowest BCUT2D eigenvalue weighted by atomic mass is 10.2. The molecule has 0 spiro atoms. The zero-order valence-electron chi connectivity index (χ0n) is 15.6. The molecule has 3 aromatic rings. The number of aryl methyl sites for hydroxylation is 1. The summed E-state index contributed by atoms with van der Waals surface area (Å²) in [5.74, 6) is 1.36. The molecule has 0 saturated carbocycles. The lowest BCUT2D eigenvalue weighted by molar-refractivity contribution is 0.215. The Morgan fingerprint density at radius 3 is 2.57 bits per heavy atom. The van der Waals surface area contributed by atoms with Crippen LogP contribution in [0.2, 0.25) is 5.02 Å². The van der Waals surface area contributed by atoms with Crippen molar-refractivity contribution in [3.63, 3.8) is 0 Å². The van der Waals surface area contributed by atoms with Crippen LogP contribution in [0.3, 0.4) is 0 Å². The first-order valence-electron chi connectivity index (χ1n) is 9.27. The third-order valence-corrected chi connectivity index (χ3v) is 5.15. The van der Waals surface area contributed by atoms with Gasteiger partial charge in [-0.1, -0.05) is 41.9 Å². The first-order valence-corrected chi connectivity index (χ1v) is 9.65. The van der Waals surface area contributed by atoms with E-state index in [0.29, 0.717) is 23.8 Å². The first kappa shape index (κ1) is 18.6. The third kappa shape index (κ3) is 3.79. The van der Waals surface area contributed by atoms with Crippen molar-refractivity contribution in [2.24, 2.45) is 0 Å². The fourth-order valence-corrected chi connectivity index (χ4v) is 3.48. The average molecular weight is 401 g/mol. The molecular formula is C19H21ClN6O2. The van der Waals surface area contributed by atoms with E-state index in [1.165, 1.54) is 4.68 Å². The van der Waals surface area contributed by atoms with Crippen LogP contribution in [-0.2, 0) is 13.0 Å². The van der Waals surface area contributed by atoms with E-state index in [2.05, 4.69) is 25.0 Å². The maximum absolute atomic E-state index is 12.7. The predicted molar refractivity (Wildman–Crippen MR) is 106 cm³/mol. The highest BCUT2D eigenvalue weighted by molar-refractivity contribution is 6.33. The number of para-hydroxylation sites is 1. The Hall–Kier alpha value is -2.71. The van der Waals surface area contributed by atoms with Crippen molar-refractivity contribution in [2.45, 2.75) is 19.9 Å². The van der Waals surface area contributed by atoms with Gasteiger partial charge in [-0.3, -0.25) is 9.69 Å². The second-order valence-electron chi connectivity index (χ2n) is 6.62. The Bertz CT molecular complexity index is 995. The Morgan fingerprint density at radius 2 is 1.89 bits per heavy atom. The lowest BCUT2D eigenvalue weighted by Crippen LogP contribution is -2.46. The van der Waals surface area contributed by atoms with Crippen LogP contribution >= 0.6 is 11.6 Å². The standard InChI is InChI=1S/C19H21ClN6O2/c1-2-16-22-17(28-23-16)13-24-8-10-25(11-9-24)15-12-21-26(19(27)18(15)20)14-6-4-3-5-7-14/h3-7,12H,2,8-11,13H2,1H3. The fraction of sp³-hybridized carbons (Fsp3) is 0.368. The van der Waals surface area contributed by atoms with Crippen LogP contribution in [0.15, 0.2) is 45.8 Å². The van der Waals surface area contributed by atoms with Gasteiger partial charge in [0.2, 0.25) is 5.89 Å². The van der Waals surface area contributed by atoms with Gasteiger partial charge in [0.25, 0.3) is 5.56 Å². The van der Waals surface area contributed by atoms with Gasteiger partial charge in [-0.05, 0) is 12.1 Å². The molecule has 1 aliphatic heterocycles. The molecule has 0 N–H and O–H groups in total. The van der Waals surface area contributed by atoms with Gasteiger partial charge in [0.1, 0.15) is 5.02 Å². The van der Waals surface area contributed by atoms with Gasteiger partial charge in [-0.15, -0.1) is 0 Å². The highest BCUT2D eigenvalue weighted by Gasteiger charge is 2.22. The summed E-state index contributed by atoms with van der Waals surface area (Å²) in [4.78, 5) is 21.4. The number of hydrogen-bond donors (Lipinski definition) is 0. The fourth-order valence-electron chi connectivity index (χ4n) is 3.23. The van der Waals surface area contributed by atoms with E-state index in [0.717, 1.165) is 38.4 Å². The predicted octanol–water partition coefficient (Wildman–Crippen LogP) is 2.15. The summed E-state index contributed by atoms with van der Waals surface area (Å²) in [7, 11) is 0. The van der Waals surface area contributed by atoms with Crippen molar-refractivity contribution in [3.8, 4) is 5.69 Å². The summed E-state index contributed by atoms with van der Waals surface area (Å²) < 4.78 is 6.59. The number of halogens is 1. The number of anilines is 1. The number of nitrogens with zero attached hydrogens (tertiary/aromatic N) is 6. The molecule has 0 aliphatic carbocycles. The zero-order valence-corrected chi connectivity index (χ0v) is 16.3. The van der Waals surface area contributed by atoms with E-state index in [1.54, 1.807) is 6.20 Å². The molecule has 1 aromatic carbocycles. The normalized spacial score (nSPS) is 15.1. The van der Waals surface area contributed by atoms with Crippen molar-refractivity contribution in [3.05, 3.63) is 63.6 Å². The van der Waals surface area contributed by atoms with Gasteiger partial charge in [0.05, 0.1) is 24.1 Å². The number of piperazine rings is 1. The molecule has 3 heterocycles. The molecular weight excluding hydrogens is 380 g/mol. The molecule has 28 heavy (non-hydrogen) atoms. The molecule has 1 fully saturated rings. The second kappa shape index (κ2) is 8.12. The van der Waals surface area contributed by atoms with Crippen LogP contribution in [0.25, 0.3) is 5.69 Å². The molecule has 1 saturated heterocycles. The molecule has 9 heteroatoms. The monoisotopic (exact) mass is 400 g/mol. The van der Waals surface area contributed by atoms with Gasteiger partial charge in [-0.25, -0.2) is 0 Å². The number of rotatable bonds is 5. The third-order valence-electron chi connectivity index (χ3n) is 4.80. The average Bonchev–Trinajstić information content (AvgIpc) is 3.19. The molecule has 2 aromatic heterocycles. The molecule has 0 atom stereocenters. The summed E-state index contributed by atoms with van der Waals surface area (Å²) in [6.07, 6.45) is 2.43. The molecule has 0 amide bonds. The van der Waals surface area contributed by atoms with E-state index in [4.69, 9.17) is 16.1 Å². The van der Waals surface area contributed by atoms with E-state index in [9.17, 15) is 4.79 Å². The molecule has 1 aliphatic rings. The van der Waals surface area contributed by atoms with E-state index in [1.807, 2.05) is 37.3 Å². The Kier molecular flexibility index (Phi) is 5.40. The van der Waals surface area contributed by atoms with Crippen LogP contribution < -0.4 is 10.5 Å². The molecule has 8 nitrogen and oxygen atoms in total. The van der Waals surface area contributed by atoms with Gasteiger partial charge < -0.3 is 9.42 Å². The molecule has 0 radical (unpaired) electrons. The highest BCUT2D eigenvalue weighted by Crippen LogP contribution is 2.23. The summed E-state index contributed by atoms with van der Waals surface area (Å²) in [5.41, 5.74) is 1.05. The Labute approximate surface area is 167 Å². The second-order valence-corrected chi connectivity index (χ2v) is 7.00. The summed E-state index contributed by atoms with van der Waals surface area (Å²) in [6, 6.07) is 9.26. The number of hydrogen-bond acceptors (Lipinski definition) is 7. The highest BCUT2D eigenvalue weighted by atomic mass is 35.5. The Morgan fingerprint density at radius 1 is 1.14 bits per heavy atom. The molecule has 146 valence electrons.